The van der Waals surface area contributed by atoms with Crippen LogP contribution in [-0.4, -0.2) is 19.4 Å². The van der Waals surface area contributed by atoms with Gasteiger partial charge in [0.25, 0.3) is 0 Å². The molecule has 0 N–H and O–H groups in total. The number of halogens is 1. The number of benzene rings is 1. The van der Waals surface area contributed by atoms with E-state index < -0.39 is 9.04 Å². The Morgan fingerprint density at radius 2 is 1.96 bits per heavy atom. The first-order valence-corrected chi connectivity index (χ1v) is 12.8. The third-order valence-electron chi connectivity index (χ3n) is 3.66. The molecule has 0 saturated heterocycles. The van der Waals surface area contributed by atoms with Crippen LogP contribution in [0.5, 0.6) is 5.75 Å². The highest BCUT2D eigenvalue weighted by molar-refractivity contribution is 9.09. The lowest BCUT2D eigenvalue weighted by Gasteiger charge is -2.22. The normalized spacial score (nSPS) is 12.0. The molecule has 126 valence electrons. The first-order valence-electron chi connectivity index (χ1n) is 8.06. The van der Waals surface area contributed by atoms with E-state index in [1.807, 2.05) is 0 Å². The second-order valence-electron chi connectivity index (χ2n) is 7.09. The van der Waals surface area contributed by atoms with Crippen LogP contribution in [0.25, 0.3) is 10.6 Å². The van der Waals surface area contributed by atoms with E-state index in [2.05, 4.69) is 74.9 Å². The summed E-state index contributed by atoms with van der Waals surface area (Å²) in [6, 6.07) is 6.61. The van der Waals surface area contributed by atoms with Gasteiger partial charge in [-0.25, -0.2) is 4.98 Å². The molecular weight excluding hydrogens is 386 g/mol. The summed E-state index contributed by atoms with van der Waals surface area (Å²) < 4.78 is 6.24. The number of aromatic nitrogens is 1. The number of aryl methyl sites for hydroxylation is 2. The van der Waals surface area contributed by atoms with Crippen molar-refractivity contribution in [2.24, 2.45) is 0 Å². The number of thiazole rings is 1. The molecule has 2 nitrogen and oxygen atoms in total. The van der Waals surface area contributed by atoms with Gasteiger partial charge in [0.2, 0.25) is 9.04 Å². The van der Waals surface area contributed by atoms with Crippen LogP contribution in [0.2, 0.25) is 13.1 Å². The van der Waals surface area contributed by atoms with Crippen LogP contribution in [-0.2, 0) is 11.8 Å². The summed E-state index contributed by atoms with van der Waals surface area (Å²) in [4.78, 5) is 6.15. The van der Waals surface area contributed by atoms with Crippen molar-refractivity contribution in [1.29, 1.82) is 0 Å². The van der Waals surface area contributed by atoms with Gasteiger partial charge >= 0.3 is 0 Å². The summed E-state index contributed by atoms with van der Waals surface area (Å²) in [5, 5.41) is 2.02. The first kappa shape index (κ1) is 18.7. The third kappa shape index (κ3) is 4.67. The fourth-order valence-electron chi connectivity index (χ4n) is 2.38. The van der Waals surface area contributed by atoms with Crippen molar-refractivity contribution in [2.75, 3.05) is 5.33 Å². The molecule has 0 bridgehead atoms. The highest BCUT2D eigenvalue weighted by atomic mass is 79.9. The predicted octanol–water partition coefficient (Wildman–Crippen LogP) is 5.72. The number of hydrogen-bond acceptors (Lipinski definition) is 3. The van der Waals surface area contributed by atoms with Gasteiger partial charge in [0.1, 0.15) is 10.8 Å². The van der Waals surface area contributed by atoms with Gasteiger partial charge in [-0.05, 0) is 43.1 Å². The van der Waals surface area contributed by atoms with Crippen LogP contribution < -0.4 is 4.43 Å². The lowest BCUT2D eigenvalue weighted by atomic mass is 9.86. The molecule has 0 unspecified atom stereocenters. The summed E-state index contributed by atoms with van der Waals surface area (Å²) in [5.41, 5.74) is 3.75. The van der Waals surface area contributed by atoms with E-state index in [9.17, 15) is 0 Å². The van der Waals surface area contributed by atoms with Gasteiger partial charge in [-0.2, -0.15) is 0 Å². The van der Waals surface area contributed by atoms with E-state index in [-0.39, 0.29) is 5.41 Å². The van der Waals surface area contributed by atoms with Crippen molar-refractivity contribution in [3.63, 3.8) is 0 Å². The average Bonchev–Trinajstić information content (AvgIpc) is 2.79. The predicted molar refractivity (Wildman–Crippen MR) is 108 cm³/mol. The van der Waals surface area contributed by atoms with Crippen molar-refractivity contribution < 1.29 is 4.43 Å². The molecule has 1 aromatic heterocycles. The van der Waals surface area contributed by atoms with Gasteiger partial charge in [-0.3, -0.25) is 0 Å². The van der Waals surface area contributed by atoms with Crippen LogP contribution in [0, 0.1) is 6.92 Å². The molecule has 0 aliphatic carbocycles. The van der Waals surface area contributed by atoms with Gasteiger partial charge in [0.15, 0.2) is 0 Å². The molecule has 0 fully saturated rings. The Balaban J connectivity index is 2.50. The Hall–Kier alpha value is -0.653. The van der Waals surface area contributed by atoms with Gasteiger partial charge < -0.3 is 4.43 Å². The SMILES string of the molecule is Cc1sc(-c2ccc(C(C)(C)C)cc2O[SiH](C)C)nc1CCBr. The number of nitrogens with zero attached hydrogens (tertiary/aromatic N) is 1. The zero-order valence-corrected chi connectivity index (χ0v) is 18.4. The molecule has 2 aromatic rings. The van der Waals surface area contributed by atoms with Gasteiger partial charge in [-0.1, -0.05) is 42.8 Å². The van der Waals surface area contributed by atoms with Crippen LogP contribution in [0.15, 0.2) is 18.2 Å². The summed E-state index contributed by atoms with van der Waals surface area (Å²) in [5.74, 6) is 0.998. The Labute approximate surface area is 154 Å². The van der Waals surface area contributed by atoms with Gasteiger partial charge in [0.05, 0.1) is 11.3 Å². The van der Waals surface area contributed by atoms with Crippen molar-refractivity contribution in [1.82, 2.24) is 4.98 Å². The summed E-state index contributed by atoms with van der Waals surface area (Å²) >= 11 is 5.28. The quantitative estimate of drug-likeness (QED) is 0.463. The topological polar surface area (TPSA) is 22.1 Å². The second kappa shape index (κ2) is 7.49. The molecule has 0 spiro atoms. The standard InChI is InChI=1S/C18H26BrNOSSi/c1-12-15(9-10-19)20-17(22-12)14-8-7-13(18(2,3)4)11-16(14)21-23(5)6/h7-8,11,23H,9-10H2,1-6H3. The maximum Gasteiger partial charge on any atom is 0.229 e. The Kier molecular flexibility index (Phi) is 6.08. The van der Waals surface area contributed by atoms with Crippen LogP contribution in [0.1, 0.15) is 36.9 Å². The van der Waals surface area contributed by atoms with Crippen LogP contribution in [0.4, 0.5) is 0 Å². The zero-order valence-electron chi connectivity index (χ0n) is 14.9. The van der Waals surface area contributed by atoms with Crippen molar-refractivity contribution in [3.05, 3.63) is 34.3 Å². The van der Waals surface area contributed by atoms with Crippen LogP contribution >= 0.6 is 27.3 Å². The van der Waals surface area contributed by atoms with E-state index >= 15 is 0 Å². The minimum absolute atomic E-state index is 0.120. The second-order valence-corrected chi connectivity index (χ2v) is 11.4. The lowest BCUT2D eigenvalue weighted by Crippen LogP contribution is -2.15. The monoisotopic (exact) mass is 411 g/mol. The van der Waals surface area contributed by atoms with E-state index in [1.54, 1.807) is 11.3 Å². The minimum atomic E-state index is -1.17. The molecule has 1 heterocycles. The molecule has 0 radical (unpaired) electrons. The molecular formula is C18H26BrNOSSi. The van der Waals surface area contributed by atoms with Crippen LogP contribution in [0.3, 0.4) is 0 Å². The first-order chi connectivity index (χ1) is 10.7. The van der Waals surface area contributed by atoms with E-state index in [4.69, 9.17) is 9.41 Å². The lowest BCUT2D eigenvalue weighted by molar-refractivity contribution is 0.562. The van der Waals surface area contributed by atoms with Crippen molar-refractivity contribution >= 4 is 36.3 Å². The highest BCUT2D eigenvalue weighted by Gasteiger charge is 2.19. The largest absolute Gasteiger partial charge is 0.546 e. The molecule has 5 heteroatoms. The Morgan fingerprint density at radius 3 is 2.52 bits per heavy atom. The van der Waals surface area contributed by atoms with Gasteiger partial charge in [0, 0.05) is 16.6 Å². The summed E-state index contributed by atoms with van der Waals surface area (Å²) in [6.45, 7) is 13.3. The number of hydrogen-bond donors (Lipinski definition) is 0. The fourth-order valence-corrected chi connectivity index (χ4v) is 4.45. The van der Waals surface area contributed by atoms with E-state index in [0.717, 1.165) is 28.1 Å². The minimum Gasteiger partial charge on any atom is -0.546 e. The molecule has 0 saturated carbocycles. The molecule has 0 aliphatic rings. The molecule has 1 aromatic carbocycles. The van der Waals surface area contributed by atoms with Crippen molar-refractivity contribution in [3.8, 4) is 16.3 Å². The fraction of sp³-hybridized carbons (Fsp3) is 0.500. The zero-order chi connectivity index (χ0) is 17.2. The molecule has 2 rings (SSSR count). The number of alkyl halides is 1. The van der Waals surface area contributed by atoms with E-state index in [0.29, 0.717) is 0 Å². The smallest absolute Gasteiger partial charge is 0.229 e. The number of rotatable bonds is 5. The highest BCUT2D eigenvalue weighted by Crippen LogP contribution is 2.37. The third-order valence-corrected chi connectivity index (χ3v) is 5.83. The van der Waals surface area contributed by atoms with Gasteiger partial charge in [-0.15, -0.1) is 11.3 Å². The van der Waals surface area contributed by atoms with E-state index in [1.165, 1.54) is 16.1 Å². The maximum atomic E-state index is 6.24. The molecule has 0 aliphatic heterocycles. The Morgan fingerprint density at radius 1 is 1.26 bits per heavy atom. The summed E-state index contributed by atoms with van der Waals surface area (Å²) in [6.07, 6.45) is 0.970. The average molecular weight is 412 g/mol. The maximum absolute atomic E-state index is 6.24. The Bertz CT molecular complexity index is 676. The molecule has 0 amide bonds. The molecule has 0 atom stereocenters. The van der Waals surface area contributed by atoms with Crippen molar-refractivity contribution in [2.45, 2.75) is 52.6 Å². The summed E-state index contributed by atoms with van der Waals surface area (Å²) in [7, 11) is -1.17. The molecule has 23 heavy (non-hydrogen) atoms.